The molecule has 0 amide bonds. The van der Waals surface area contributed by atoms with Gasteiger partial charge in [0.2, 0.25) is 0 Å². The Morgan fingerprint density at radius 3 is 2.67 bits per heavy atom. The highest BCUT2D eigenvalue weighted by Gasteiger charge is 2.16. The predicted molar refractivity (Wildman–Crippen MR) is 73.1 cm³/mol. The van der Waals surface area contributed by atoms with E-state index in [4.69, 9.17) is 4.74 Å². The first-order chi connectivity index (χ1) is 8.63. The summed E-state index contributed by atoms with van der Waals surface area (Å²) in [5, 5.41) is 9.59. The minimum Gasteiger partial charge on any atom is -0.492 e. The normalized spacial score (nSPS) is 20.9. The molecule has 0 aliphatic carbocycles. The van der Waals surface area contributed by atoms with E-state index in [0.717, 1.165) is 38.2 Å². The number of benzene rings is 1. The fourth-order valence-electron chi connectivity index (χ4n) is 2.54. The minimum absolute atomic E-state index is 0.153. The fraction of sp³-hybridized carbons (Fsp3) is 0.600. The number of nitrogens with zero attached hydrogens (tertiary/aromatic N) is 1. The van der Waals surface area contributed by atoms with Crippen molar-refractivity contribution >= 4 is 0 Å². The number of hydrogen-bond acceptors (Lipinski definition) is 3. The Kier molecular flexibility index (Phi) is 4.61. The molecule has 1 saturated heterocycles. The Labute approximate surface area is 109 Å². The van der Waals surface area contributed by atoms with Gasteiger partial charge < -0.3 is 9.84 Å². The fourth-order valence-corrected chi connectivity index (χ4v) is 2.54. The van der Waals surface area contributed by atoms with Crippen LogP contribution in [0.1, 0.15) is 24.0 Å². The van der Waals surface area contributed by atoms with E-state index in [1.54, 1.807) is 0 Å². The van der Waals surface area contributed by atoms with Crippen LogP contribution in [0.4, 0.5) is 0 Å². The SMILES string of the molecule is Cc1cc(C)cc(OCCN2CCC[C@H](O)C2)c1. The number of aryl methyl sites for hydroxylation is 2. The van der Waals surface area contributed by atoms with Gasteiger partial charge >= 0.3 is 0 Å². The number of β-amino-alcohol motifs (C(OH)–C–C–N with tert-alkyl or cyclic N) is 1. The van der Waals surface area contributed by atoms with Crippen LogP contribution in [0.2, 0.25) is 0 Å². The smallest absolute Gasteiger partial charge is 0.119 e. The van der Waals surface area contributed by atoms with Gasteiger partial charge in [-0.15, -0.1) is 0 Å². The lowest BCUT2D eigenvalue weighted by Gasteiger charge is -2.29. The maximum atomic E-state index is 9.59. The molecule has 18 heavy (non-hydrogen) atoms. The molecule has 1 heterocycles. The average Bonchev–Trinajstić information content (AvgIpc) is 2.27. The summed E-state index contributed by atoms with van der Waals surface area (Å²) in [5.74, 6) is 0.949. The first-order valence-corrected chi connectivity index (χ1v) is 6.75. The van der Waals surface area contributed by atoms with E-state index < -0.39 is 0 Å². The predicted octanol–water partition coefficient (Wildman–Crippen LogP) is 2.14. The second-order valence-electron chi connectivity index (χ2n) is 5.27. The Balaban J connectivity index is 1.77. The number of rotatable bonds is 4. The summed E-state index contributed by atoms with van der Waals surface area (Å²) >= 11 is 0. The van der Waals surface area contributed by atoms with Crippen molar-refractivity contribution in [3.63, 3.8) is 0 Å². The molecule has 0 radical (unpaired) electrons. The molecule has 0 aromatic heterocycles. The molecule has 3 nitrogen and oxygen atoms in total. The zero-order chi connectivity index (χ0) is 13.0. The van der Waals surface area contributed by atoms with Gasteiger partial charge in [-0.2, -0.15) is 0 Å². The van der Waals surface area contributed by atoms with Crippen LogP contribution >= 0.6 is 0 Å². The van der Waals surface area contributed by atoms with Crippen LogP contribution in [0.3, 0.4) is 0 Å². The van der Waals surface area contributed by atoms with Crippen LogP contribution in [-0.4, -0.2) is 42.4 Å². The van der Waals surface area contributed by atoms with Crippen molar-refractivity contribution < 1.29 is 9.84 Å². The third-order valence-corrected chi connectivity index (χ3v) is 3.35. The van der Waals surface area contributed by atoms with Gasteiger partial charge in [0, 0.05) is 13.1 Å². The summed E-state index contributed by atoms with van der Waals surface area (Å²) in [5.41, 5.74) is 2.47. The highest BCUT2D eigenvalue weighted by atomic mass is 16.5. The maximum Gasteiger partial charge on any atom is 0.119 e. The topological polar surface area (TPSA) is 32.7 Å². The van der Waals surface area contributed by atoms with Crippen molar-refractivity contribution in [2.75, 3.05) is 26.2 Å². The van der Waals surface area contributed by atoms with E-state index in [1.165, 1.54) is 11.1 Å². The summed E-state index contributed by atoms with van der Waals surface area (Å²) < 4.78 is 5.78. The van der Waals surface area contributed by atoms with Crippen LogP contribution in [0.15, 0.2) is 18.2 Å². The molecule has 2 rings (SSSR count). The minimum atomic E-state index is -0.153. The van der Waals surface area contributed by atoms with E-state index in [9.17, 15) is 5.11 Å². The second kappa shape index (κ2) is 6.21. The van der Waals surface area contributed by atoms with E-state index in [1.807, 2.05) is 0 Å². The molecule has 1 atom stereocenters. The molecule has 1 aliphatic heterocycles. The summed E-state index contributed by atoms with van der Waals surface area (Å²) in [6.45, 7) is 7.62. The molecule has 0 bridgehead atoms. The first-order valence-electron chi connectivity index (χ1n) is 6.75. The number of hydrogen-bond donors (Lipinski definition) is 1. The van der Waals surface area contributed by atoms with E-state index in [-0.39, 0.29) is 6.10 Å². The molecule has 1 N–H and O–H groups in total. The van der Waals surface area contributed by atoms with Gasteiger partial charge in [0.15, 0.2) is 0 Å². The van der Waals surface area contributed by atoms with Crippen molar-refractivity contribution in [1.29, 1.82) is 0 Å². The molecule has 0 saturated carbocycles. The number of piperidine rings is 1. The van der Waals surface area contributed by atoms with Gasteiger partial charge in [-0.3, -0.25) is 4.90 Å². The monoisotopic (exact) mass is 249 g/mol. The Morgan fingerprint density at radius 1 is 1.28 bits per heavy atom. The standard InChI is InChI=1S/C15H23NO2/c1-12-8-13(2)10-15(9-12)18-7-6-16-5-3-4-14(17)11-16/h8-10,14,17H,3-7,11H2,1-2H3/t14-/m0/s1. The van der Waals surface area contributed by atoms with Gasteiger partial charge in [0.05, 0.1) is 6.10 Å². The molecule has 3 heteroatoms. The van der Waals surface area contributed by atoms with Crippen LogP contribution < -0.4 is 4.74 Å². The Bertz CT molecular complexity index is 372. The van der Waals surface area contributed by atoms with Crippen LogP contribution in [-0.2, 0) is 0 Å². The molecule has 1 aromatic rings. The number of ether oxygens (including phenoxy) is 1. The molecule has 1 aromatic carbocycles. The first kappa shape index (κ1) is 13.4. The average molecular weight is 249 g/mol. The van der Waals surface area contributed by atoms with E-state index in [2.05, 4.69) is 36.9 Å². The van der Waals surface area contributed by atoms with Crippen LogP contribution in [0.25, 0.3) is 0 Å². The lowest BCUT2D eigenvalue weighted by molar-refractivity contribution is 0.0633. The van der Waals surface area contributed by atoms with Gasteiger partial charge in [-0.25, -0.2) is 0 Å². The molecule has 0 unspecified atom stereocenters. The lowest BCUT2D eigenvalue weighted by Crippen LogP contribution is -2.40. The summed E-state index contributed by atoms with van der Waals surface area (Å²) in [6.07, 6.45) is 1.87. The highest BCUT2D eigenvalue weighted by Crippen LogP contribution is 2.16. The number of aliphatic hydroxyl groups is 1. The number of aliphatic hydroxyl groups excluding tert-OH is 1. The van der Waals surface area contributed by atoms with E-state index >= 15 is 0 Å². The zero-order valence-electron chi connectivity index (χ0n) is 11.4. The molecule has 1 fully saturated rings. The quantitative estimate of drug-likeness (QED) is 0.887. The molecule has 0 spiro atoms. The molecular formula is C15H23NO2. The Hall–Kier alpha value is -1.06. The molecule has 100 valence electrons. The van der Waals surface area contributed by atoms with Crippen molar-refractivity contribution in [3.05, 3.63) is 29.3 Å². The van der Waals surface area contributed by atoms with Gasteiger partial charge in [-0.1, -0.05) is 6.07 Å². The third-order valence-electron chi connectivity index (χ3n) is 3.35. The van der Waals surface area contributed by atoms with Gasteiger partial charge in [0.25, 0.3) is 0 Å². The van der Waals surface area contributed by atoms with Gasteiger partial charge in [0.1, 0.15) is 12.4 Å². The van der Waals surface area contributed by atoms with Crippen molar-refractivity contribution in [1.82, 2.24) is 4.90 Å². The Morgan fingerprint density at radius 2 is 2.00 bits per heavy atom. The summed E-state index contributed by atoms with van der Waals surface area (Å²) in [4.78, 5) is 2.27. The van der Waals surface area contributed by atoms with Crippen molar-refractivity contribution in [2.45, 2.75) is 32.8 Å². The van der Waals surface area contributed by atoms with Crippen molar-refractivity contribution in [3.8, 4) is 5.75 Å². The largest absolute Gasteiger partial charge is 0.492 e. The molecular weight excluding hydrogens is 226 g/mol. The van der Waals surface area contributed by atoms with Crippen LogP contribution in [0.5, 0.6) is 5.75 Å². The summed E-state index contributed by atoms with van der Waals surface area (Å²) in [7, 11) is 0. The maximum absolute atomic E-state index is 9.59. The van der Waals surface area contributed by atoms with Gasteiger partial charge in [-0.05, 0) is 56.5 Å². The third kappa shape index (κ3) is 4.00. The van der Waals surface area contributed by atoms with Crippen LogP contribution in [0, 0.1) is 13.8 Å². The second-order valence-corrected chi connectivity index (χ2v) is 5.27. The van der Waals surface area contributed by atoms with E-state index in [0.29, 0.717) is 6.61 Å². The van der Waals surface area contributed by atoms with Crippen molar-refractivity contribution in [2.24, 2.45) is 0 Å². The highest BCUT2D eigenvalue weighted by molar-refractivity contribution is 5.32. The zero-order valence-corrected chi connectivity index (χ0v) is 11.4. The molecule has 1 aliphatic rings. The summed E-state index contributed by atoms with van der Waals surface area (Å²) in [6, 6.07) is 6.28. The number of likely N-dealkylation sites (tertiary alicyclic amines) is 1. The lowest BCUT2D eigenvalue weighted by atomic mass is 10.1.